The highest BCUT2D eigenvalue weighted by Crippen LogP contribution is 2.26. The van der Waals surface area contributed by atoms with Crippen LogP contribution in [0.15, 0.2) is 42.5 Å². The van der Waals surface area contributed by atoms with Gasteiger partial charge in [-0.2, -0.15) is 0 Å². The van der Waals surface area contributed by atoms with E-state index in [4.69, 9.17) is 0 Å². The van der Waals surface area contributed by atoms with Crippen molar-refractivity contribution in [1.29, 1.82) is 0 Å². The van der Waals surface area contributed by atoms with Crippen molar-refractivity contribution in [2.24, 2.45) is 0 Å². The lowest BCUT2D eigenvalue weighted by atomic mass is 10.1. The van der Waals surface area contributed by atoms with Gasteiger partial charge in [0.2, 0.25) is 5.91 Å². The molecule has 2 amide bonds. The fourth-order valence-corrected chi connectivity index (χ4v) is 2.58. The van der Waals surface area contributed by atoms with Crippen molar-refractivity contribution in [2.75, 3.05) is 16.8 Å². The number of carbonyl (C=O) groups is 2. The third kappa shape index (κ3) is 3.06. The van der Waals surface area contributed by atoms with Gasteiger partial charge in [-0.15, -0.1) is 0 Å². The largest absolute Gasteiger partial charge is 0.322 e. The second-order valence-electron chi connectivity index (χ2n) is 5.25. The molecule has 0 atom stereocenters. The second-order valence-corrected chi connectivity index (χ2v) is 5.25. The topological polar surface area (TPSA) is 49.4 Å². The van der Waals surface area contributed by atoms with E-state index in [1.165, 1.54) is 6.07 Å². The van der Waals surface area contributed by atoms with Gasteiger partial charge in [0.25, 0.3) is 5.91 Å². The first-order valence-electron chi connectivity index (χ1n) is 7.22. The average Bonchev–Trinajstić information content (AvgIpc) is 2.97. The van der Waals surface area contributed by atoms with Crippen LogP contribution in [0.4, 0.5) is 20.2 Å². The fourth-order valence-electron chi connectivity index (χ4n) is 2.58. The van der Waals surface area contributed by atoms with E-state index in [1.807, 2.05) is 0 Å². The van der Waals surface area contributed by atoms with Crippen molar-refractivity contribution in [1.82, 2.24) is 0 Å². The monoisotopic (exact) mass is 316 g/mol. The second kappa shape index (κ2) is 6.16. The summed E-state index contributed by atoms with van der Waals surface area (Å²) in [4.78, 5) is 25.9. The number of nitrogens with zero attached hydrogens (tertiary/aromatic N) is 1. The predicted molar refractivity (Wildman–Crippen MR) is 82.3 cm³/mol. The Kier molecular flexibility index (Phi) is 4.06. The van der Waals surface area contributed by atoms with E-state index in [0.29, 0.717) is 24.2 Å². The van der Waals surface area contributed by atoms with Crippen molar-refractivity contribution >= 4 is 23.2 Å². The normalized spacial score (nSPS) is 14.2. The molecule has 3 rings (SSSR count). The molecule has 0 bridgehead atoms. The zero-order chi connectivity index (χ0) is 16.4. The molecule has 0 saturated carbocycles. The van der Waals surface area contributed by atoms with Crippen molar-refractivity contribution in [3.05, 3.63) is 59.7 Å². The minimum atomic E-state index is -1.04. The lowest BCUT2D eigenvalue weighted by molar-refractivity contribution is -0.117. The lowest BCUT2D eigenvalue weighted by Crippen LogP contribution is -2.27. The number of rotatable bonds is 3. The Bertz CT molecular complexity index is 777. The molecule has 23 heavy (non-hydrogen) atoms. The van der Waals surface area contributed by atoms with Gasteiger partial charge in [0.05, 0.1) is 11.3 Å². The molecule has 0 radical (unpaired) electrons. The summed E-state index contributed by atoms with van der Waals surface area (Å²) in [5, 5.41) is 2.52. The zero-order valence-electron chi connectivity index (χ0n) is 12.2. The summed E-state index contributed by atoms with van der Waals surface area (Å²) >= 11 is 0. The van der Waals surface area contributed by atoms with Crippen LogP contribution in [0.1, 0.15) is 23.2 Å². The van der Waals surface area contributed by atoms with E-state index in [-0.39, 0.29) is 11.6 Å². The highest BCUT2D eigenvalue weighted by atomic mass is 19.2. The summed E-state index contributed by atoms with van der Waals surface area (Å²) in [5.74, 6) is -2.53. The van der Waals surface area contributed by atoms with Gasteiger partial charge in [-0.3, -0.25) is 9.59 Å². The molecule has 1 aliphatic rings. The quantitative estimate of drug-likeness (QED) is 0.944. The molecule has 0 aliphatic carbocycles. The van der Waals surface area contributed by atoms with Gasteiger partial charge in [-0.25, -0.2) is 8.78 Å². The van der Waals surface area contributed by atoms with E-state index < -0.39 is 17.5 Å². The Morgan fingerprint density at radius 3 is 2.57 bits per heavy atom. The highest BCUT2D eigenvalue weighted by Gasteiger charge is 2.25. The summed E-state index contributed by atoms with van der Waals surface area (Å²) in [6.07, 6.45) is 1.21. The zero-order valence-corrected chi connectivity index (χ0v) is 12.2. The number of hydrogen-bond donors (Lipinski definition) is 1. The molecule has 0 unspecified atom stereocenters. The molecule has 2 aromatic rings. The Balaban J connectivity index is 1.87. The Hall–Kier alpha value is -2.76. The van der Waals surface area contributed by atoms with Crippen molar-refractivity contribution in [3.63, 3.8) is 0 Å². The molecular formula is C17H14F2N2O2. The van der Waals surface area contributed by atoms with Gasteiger partial charge in [0.15, 0.2) is 11.6 Å². The molecule has 6 heteroatoms. The first-order valence-corrected chi connectivity index (χ1v) is 7.22. The molecule has 0 spiro atoms. The van der Waals surface area contributed by atoms with Gasteiger partial charge in [-0.1, -0.05) is 12.1 Å². The summed E-state index contributed by atoms with van der Waals surface area (Å²) in [5.41, 5.74) is 0.985. The molecule has 1 heterocycles. The Morgan fingerprint density at radius 1 is 1.09 bits per heavy atom. The predicted octanol–water partition coefficient (Wildman–Crippen LogP) is 3.34. The minimum Gasteiger partial charge on any atom is -0.322 e. The standard InChI is InChI=1S/C17H14F2N2O2/c18-13-8-7-11(10-14(13)19)20-17(23)12-4-1-2-5-15(12)21-9-3-6-16(21)22/h1-2,4-5,7-8,10H,3,6,9H2,(H,20,23). The number of para-hydroxylation sites is 1. The van der Waals surface area contributed by atoms with Crippen molar-refractivity contribution < 1.29 is 18.4 Å². The van der Waals surface area contributed by atoms with Crippen LogP contribution in [0.3, 0.4) is 0 Å². The molecule has 118 valence electrons. The summed E-state index contributed by atoms with van der Waals surface area (Å²) in [6, 6.07) is 9.86. The number of hydrogen-bond acceptors (Lipinski definition) is 2. The SMILES string of the molecule is O=C(Nc1ccc(F)c(F)c1)c1ccccc1N1CCCC1=O. The van der Waals surface area contributed by atoms with E-state index in [9.17, 15) is 18.4 Å². The van der Waals surface area contributed by atoms with Crippen LogP contribution in [-0.4, -0.2) is 18.4 Å². The molecule has 0 aromatic heterocycles. The smallest absolute Gasteiger partial charge is 0.257 e. The number of nitrogens with one attached hydrogen (secondary N) is 1. The van der Waals surface area contributed by atoms with E-state index >= 15 is 0 Å². The maximum atomic E-state index is 13.2. The number of amides is 2. The molecule has 1 N–H and O–H groups in total. The van der Waals surface area contributed by atoms with Crippen LogP contribution >= 0.6 is 0 Å². The number of carbonyl (C=O) groups excluding carboxylic acids is 2. The number of benzene rings is 2. The number of halogens is 2. The summed E-state index contributed by atoms with van der Waals surface area (Å²) in [7, 11) is 0. The molecule has 1 saturated heterocycles. The van der Waals surface area contributed by atoms with Crippen LogP contribution in [0.2, 0.25) is 0 Å². The van der Waals surface area contributed by atoms with Crippen LogP contribution in [0.5, 0.6) is 0 Å². The molecule has 1 aliphatic heterocycles. The molecule has 4 nitrogen and oxygen atoms in total. The van der Waals surface area contributed by atoms with E-state index in [1.54, 1.807) is 29.2 Å². The minimum absolute atomic E-state index is 0.0296. The van der Waals surface area contributed by atoms with Crippen molar-refractivity contribution in [2.45, 2.75) is 12.8 Å². The first kappa shape index (κ1) is 15.1. The highest BCUT2D eigenvalue weighted by molar-refractivity contribution is 6.11. The average molecular weight is 316 g/mol. The third-order valence-corrected chi connectivity index (χ3v) is 3.69. The Morgan fingerprint density at radius 2 is 1.87 bits per heavy atom. The number of anilines is 2. The van der Waals surface area contributed by atoms with Gasteiger partial charge in [0, 0.05) is 24.7 Å². The Labute approximate surface area is 131 Å². The first-order chi connectivity index (χ1) is 11.1. The molecular weight excluding hydrogens is 302 g/mol. The van der Waals surface area contributed by atoms with Gasteiger partial charge in [0.1, 0.15) is 0 Å². The van der Waals surface area contributed by atoms with Crippen molar-refractivity contribution in [3.8, 4) is 0 Å². The van der Waals surface area contributed by atoms with E-state index in [0.717, 1.165) is 18.6 Å². The van der Waals surface area contributed by atoms with Crippen LogP contribution in [0.25, 0.3) is 0 Å². The van der Waals surface area contributed by atoms with Gasteiger partial charge >= 0.3 is 0 Å². The van der Waals surface area contributed by atoms with Crippen LogP contribution < -0.4 is 10.2 Å². The van der Waals surface area contributed by atoms with E-state index in [2.05, 4.69) is 5.32 Å². The third-order valence-electron chi connectivity index (χ3n) is 3.69. The fraction of sp³-hybridized carbons (Fsp3) is 0.176. The summed E-state index contributed by atoms with van der Waals surface area (Å²) < 4.78 is 26.2. The molecule has 1 fully saturated rings. The lowest BCUT2D eigenvalue weighted by Gasteiger charge is -2.19. The maximum Gasteiger partial charge on any atom is 0.257 e. The van der Waals surface area contributed by atoms with Gasteiger partial charge in [-0.05, 0) is 30.7 Å². The molecule has 2 aromatic carbocycles. The summed E-state index contributed by atoms with van der Waals surface area (Å²) in [6.45, 7) is 0.564. The van der Waals surface area contributed by atoms with Gasteiger partial charge < -0.3 is 10.2 Å². The van der Waals surface area contributed by atoms with Crippen LogP contribution in [-0.2, 0) is 4.79 Å². The maximum absolute atomic E-state index is 13.2. The van der Waals surface area contributed by atoms with Crippen LogP contribution in [0, 0.1) is 11.6 Å².